The van der Waals surface area contributed by atoms with Crippen LogP contribution in [0.15, 0.2) is 0 Å². The third-order valence-corrected chi connectivity index (χ3v) is 1.94. The Labute approximate surface area is 109 Å². The first-order valence-electron chi connectivity index (χ1n) is 6.24. The van der Waals surface area contributed by atoms with E-state index in [2.05, 4.69) is 5.32 Å². The molecule has 0 spiro atoms. The molecule has 0 saturated heterocycles. The minimum absolute atomic E-state index is 0.271. The van der Waals surface area contributed by atoms with Crippen LogP contribution in [0.3, 0.4) is 0 Å². The first kappa shape index (κ1) is 16.7. The second kappa shape index (κ2) is 7.24. The van der Waals surface area contributed by atoms with Crippen LogP contribution >= 0.6 is 0 Å². The maximum Gasteiger partial charge on any atom is 0.407 e. The average molecular weight is 259 g/mol. The van der Waals surface area contributed by atoms with E-state index in [0.29, 0.717) is 12.3 Å². The lowest BCUT2D eigenvalue weighted by molar-refractivity contribution is -0.146. The number of carbonyl (C=O) groups excluding carboxylic acids is 2. The fourth-order valence-electron chi connectivity index (χ4n) is 1.44. The fourth-order valence-corrected chi connectivity index (χ4v) is 1.44. The molecule has 5 heteroatoms. The van der Waals surface area contributed by atoms with Gasteiger partial charge in [0.15, 0.2) is 0 Å². The van der Waals surface area contributed by atoms with E-state index in [0.717, 1.165) is 0 Å². The van der Waals surface area contributed by atoms with E-state index in [1.54, 1.807) is 20.8 Å². The third kappa shape index (κ3) is 9.93. The second-order valence-electron chi connectivity index (χ2n) is 5.74. The highest BCUT2D eigenvalue weighted by atomic mass is 16.6. The molecule has 0 fully saturated rings. The average Bonchev–Trinajstić information content (AvgIpc) is 2.09. The van der Waals surface area contributed by atoms with E-state index < -0.39 is 11.7 Å². The largest absolute Gasteiger partial charge is 0.461 e. The Morgan fingerprint density at radius 3 is 2.17 bits per heavy atom. The van der Waals surface area contributed by atoms with E-state index in [1.807, 2.05) is 13.8 Å². The maximum absolute atomic E-state index is 11.5. The zero-order chi connectivity index (χ0) is 14.3. The zero-order valence-electron chi connectivity index (χ0n) is 12.2. The molecule has 0 aliphatic rings. The standard InChI is InChI=1S/C13H25NO4/c1-9(2)7-11(17-10(3)15)8-14-12(16)18-13(4,5)6/h9,11H,7-8H2,1-6H3,(H,14,16)/t11-/m0/s1. The van der Waals surface area contributed by atoms with Gasteiger partial charge in [-0.2, -0.15) is 0 Å². The fraction of sp³-hybridized carbons (Fsp3) is 0.846. The van der Waals surface area contributed by atoms with E-state index in [-0.39, 0.29) is 18.6 Å². The first-order chi connectivity index (χ1) is 8.10. The van der Waals surface area contributed by atoms with Crippen LogP contribution in [0.2, 0.25) is 0 Å². The van der Waals surface area contributed by atoms with Crippen molar-refractivity contribution in [3.63, 3.8) is 0 Å². The summed E-state index contributed by atoms with van der Waals surface area (Å²) in [7, 11) is 0. The zero-order valence-corrected chi connectivity index (χ0v) is 12.2. The van der Waals surface area contributed by atoms with Crippen molar-refractivity contribution in [3.05, 3.63) is 0 Å². The summed E-state index contributed by atoms with van der Waals surface area (Å²) in [6.45, 7) is 11.1. The van der Waals surface area contributed by atoms with Gasteiger partial charge in [0.05, 0.1) is 6.54 Å². The molecule has 0 aromatic heterocycles. The van der Waals surface area contributed by atoms with Crippen LogP contribution in [0.25, 0.3) is 0 Å². The van der Waals surface area contributed by atoms with Gasteiger partial charge < -0.3 is 14.8 Å². The van der Waals surface area contributed by atoms with Crippen molar-refractivity contribution in [1.29, 1.82) is 0 Å². The number of nitrogens with one attached hydrogen (secondary N) is 1. The number of esters is 1. The highest BCUT2D eigenvalue weighted by Crippen LogP contribution is 2.09. The van der Waals surface area contributed by atoms with Gasteiger partial charge >= 0.3 is 12.1 Å². The van der Waals surface area contributed by atoms with Crippen LogP contribution in [-0.2, 0) is 14.3 Å². The predicted molar refractivity (Wildman–Crippen MR) is 69.2 cm³/mol. The number of amides is 1. The Hall–Kier alpha value is -1.26. The molecule has 106 valence electrons. The normalized spacial score (nSPS) is 13.1. The molecule has 0 rings (SSSR count). The van der Waals surface area contributed by atoms with E-state index in [4.69, 9.17) is 9.47 Å². The van der Waals surface area contributed by atoms with Crippen molar-refractivity contribution in [1.82, 2.24) is 5.32 Å². The molecule has 0 unspecified atom stereocenters. The summed E-state index contributed by atoms with van der Waals surface area (Å²) in [4.78, 5) is 22.4. The monoisotopic (exact) mass is 259 g/mol. The summed E-state index contributed by atoms with van der Waals surface area (Å²) in [6, 6.07) is 0. The number of hydrogen-bond acceptors (Lipinski definition) is 4. The van der Waals surface area contributed by atoms with Crippen LogP contribution in [0.5, 0.6) is 0 Å². The summed E-state index contributed by atoms with van der Waals surface area (Å²) < 4.78 is 10.2. The number of alkyl carbamates (subject to hydrolysis) is 1. The first-order valence-corrected chi connectivity index (χ1v) is 6.24. The van der Waals surface area contributed by atoms with Crippen LogP contribution in [0.4, 0.5) is 4.79 Å². The lowest BCUT2D eigenvalue weighted by Crippen LogP contribution is -2.38. The molecule has 5 nitrogen and oxygen atoms in total. The summed E-state index contributed by atoms with van der Waals surface area (Å²) in [5.41, 5.74) is -0.529. The Balaban J connectivity index is 4.17. The van der Waals surface area contributed by atoms with Gasteiger partial charge in [0.2, 0.25) is 0 Å². The Morgan fingerprint density at radius 2 is 1.78 bits per heavy atom. The van der Waals surface area contributed by atoms with Gasteiger partial charge in [-0.3, -0.25) is 4.79 Å². The van der Waals surface area contributed by atoms with Gasteiger partial charge in [-0.1, -0.05) is 13.8 Å². The highest BCUT2D eigenvalue weighted by molar-refractivity contribution is 5.68. The van der Waals surface area contributed by atoms with E-state index >= 15 is 0 Å². The van der Waals surface area contributed by atoms with Gasteiger partial charge in [0.1, 0.15) is 11.7 Å². The van der Waals surface area contributed by atoms with Gasteiger partial charge in [0, 0.05) is 6.92 Å². The summed E-state index contributed by atoms with van der Waals surface area (Å²) in [5.74, 6) is 0.0430. The van der Waals surface area contributed by atoms with Crippen LogP contribution < -0.4 is 5.32 Å². The molecule has 1 atom stereocenters. The van der Waals surface area contributed by atoms with E-state index in [1.165, 1.54) is 6.92 Å². The number of carbonyl (C=O) groups is 2. The molecule has 0 bridgehead atoms. The lowest BCUT2D eigenvalue weighted by Gasteiger charge is -2.22. The van der Waals surface area contributed by atoms with Gasteiger partial charge in [-0.05, 0) is 33.1 Å². The minimum Gasteiger partial charge on any atom is -0.461 e. The lowest BCUT2D eigenvalue weighted by atomic mass is 10.1. The third-order valence-electron chi connectivity index (χ3n) is 1.94. The number of rotatable bonds is 5. The van der Waals surface area contributed by atoms with Crippen molar-refractivity contribution < 1.29 is 19.1 Å². The summed E-state index contributed by atoms with van der Waals surface area (Å²) in [6.07, 6.45) is -0.103. The van der Waals surface area contributed by atoms with Gasteiger partial charge in [-0.25, -0.2) is 4.79 Å². The second-order valence-corrected chi connectivity index (χ2v) is 5.74. The molecular weight excluding hydrogens is 234 g/mol. The molecule has 1 N–H and O–H groups in total. The molecule has 0 aromatic rings. The van der Waals surface area contributed by atoms with Gasteiger partial charge in [0.25, 0.3) is 0 Å². The minimum atomic E-state index is -0.529. The van der Waals surface area contributed by atoms with Crippen molar-refractivity contribution in [2.24, 2.45) is 5.92 Å². The molecule has 0 heterocycles. The van der Waals surface area contributed by atoms with Crippen molar-refractivity contribution in [2.75, 3.05) is 6.54 Å². The highest BCUT2D eigenvalue weighted by Gasteiger charge is 2.19. The molecule has 0 radical (unpaired) electrons. The SMILES string of the molecule is CC(=O)O[C@H](CNC(=O)OC(C)(C)C)CC(C)C. The molecular formula is C13H25NO4. The van der Waals surface area contributed by atoms with Gasteiger partial charge in [-0.15, -0.1) is 0 Å². The Kier molecular flexibility index (Phi) is 6.73. The molecule has 0 aliphatic heterocycles. The summed E-state index contributed by atoms with van der Waals surface area (Å²) >= 11 is 0. The van der Waals surface area contributed by atoms with Crippen LogP contribution in [0.1, 0.15) is 48.0 Å². The Bertz CT molecular complexity index is 281. The summed E-state index contributed by atoms with van der Waals surface area (Å²) in [5, 5.41) is 2.61. The smallest absolute Gasteiger partial charge is 0.407 e. The van der Waals surface area contributed by atoms with Crippen molar-refractivity contribution in [3.8, 4) is 0 Å². The van der Waals surface area contributed by atoms with Crippen LogP contribution in [-0.4, -0.2) is 30.3 Å². The molecule has 0 aromatic carbocycles. The Morgan fingerprint density at radius 1 is 1.22 bits per heavy atom. The van der Waals surface area contributed by atoms with E-state index in [9.17, 15) is 9.59 Å². The van der Waals surface area contributed by atoms with Crippen molar-refractivity contribution in [2.45, 2.75) is 59.7 Å². The molecule has 1 amide bonds. The predicted octanol–water partition coefficient (Wildman–Crippen LogP) is 2.49. The molecule has 0 aliphatic carbocycles. The maximum atomic E-state index is 11.5. The number of ether oxygens (including phenoxy) is 2. The topological polar surface area (TPSA) is 64.6 Å². The molecule has 18 heavy (non-hydrogen) atoms. The number of hydrogen-bond donors (Lipinski definition) is 1. The van der Waals surface area contributed by atoms with Crippen LogP contribution in [0, 0.1) is 5.92 Å². The van der Waals surface area contributed by atoms with Crippen molar-refractivity contribution >= 4 is 12.1 Å². The quantitative estimate of drug-likeness (QED) is 0.770. The molecule has 0 saturated carbocycles.